The Balaban J connectivity index is 2.91. The van der Waals surface area contributed by atoms with Gasteiger partial charge in [0.05, 0.1) is 4.92 Å². The van der Waals surface area contributed by atoms with E-state index in [0.29, 0.717) is 0 Å². The van der Waals surface area contributed by atoms with Crippen LogP contribution in [0.25, 0.3) is 0 Å². The highest BCUT2D eigenvalue weighted by Gasteiger charge is 2.58. The van der Waals surface area contributed by atoms with Gasteiger partial charge in [0.25, 0.3) is 5.69 Å². The van der Waals surface area contributed by atoms with Gasteiger partial charge < -0.3 is 4.74 Å². The van der Waals surface area contributed by atoms with Crippen LogP contribution < -0.4 is 4.74 Å². The second-order valence-electron chi connectivity index (χ2n) is 3.34. The molecule has 106 valence electrons. The van der Waals surface area contributed by atoms with Crippen molar-refractivity contribution in [1.29, 1.82) is 0 Å². The van der Waals surface area contributed by atoms with Crippen LogP contribution in [0, 0.1) is 10.1 Å². The number of halogens is 6. The lowest BCUT2D eigenvalue weighted by Crippen LogP contribution is -2.41. The van der Waals surface area contributed by atoms with Crippen molar-refractivity contribution in [2.24, 2.45) is 0 Å². The fraction of sp³-hybridized carbons (Fsp3) is 0.333. The smallest absolute Gasteiger partial charge is 0.456 e. The van der Waals surface area contributed by atoms with E-state index in [0.717, 1.165) is 18.2 Å². The molecule has 0 saturated carbocycles. The molecule has 0 heterocycles. The van der Waals surface area contributed by atoms with Crippen LogP contribution in [0.2, 0.25) is 0 Å². The van der Waals surface area contributed by atoms with E-state index in [1.807, 2.05) is 0 Å². The van der Waals surface area contributed by atoms with Crippen LogP contribution in [0.1, 0.15) is 0 Å². The highest BCUT2D eigenvalue weighted by Crippen LogP contribution is 2.38. The van der Waals surface area contributed by atoms with Crippen molar-refractivity contribution in [1.82, 2.24) is 0 Å². The Morgan fingerprint density at radius 2 is 1.84 bits per heavy atom. The van der Waals surface area contributed by atoms with Crippen molar-refractivity contribution in [2.45, 2.75) is 12.1 Å². The Morgan fingerprint density at radius 3 is 2.32 bits per heavy atom. The van der Waals surface area contributed by atoms with E-state index in [1.165, 1.54) is 0 Å². The number of alkyl halides is 5. The maximum absolute atomic E-state index is 12.6. The average molecular weight is 350 g/mol. The van der Waals surface area contributed by atoms with E-state index in [2.05, 4.69) is 20.7 Å². The van der Waals surface area contributed by atoms with E-state index in [-0.39, 0.29) is 4.47 Å². The van der Waals surface area contributed by atoms with Gasteiger partial charge in [-0.3, -0.25) is 10.1 Å². The zero-order valence-corrected chi connectivity index (χ0v) is 10.5. The molecule has 1 rings (SSSR count). The molecule has 0 bridgehead atoms. The first-order chi connectivity index (χ1) is 8.56. The fourth-order valence-corrected chi connectivity index (χ4v) is 1.53. The predicted octanol–water partition coefficient (Wildman–Crippen LogP) is 3.93. The molecule has 19 heavy (non-hydrogen) atoms. The molecular weight excluding hydrogens is 345 g/mol. The van der Waals surface area contributed by atoms with Crippen molar-refractivity contribution < 1.29 is 31.6 Å². The van der Waals surface area contributed by atoms with Crippen LogP contribution in [0.4, 0.5) is 27.6 Å². The minimum Gasteiger partial charge on any atom is -0.485 e. The normalized spacial score (nSPS) is 12.3. The van der Waals surface area contributed by atoms with Gasteiger partial charge in [-0.15, -0.1) is 0 Å². The minimum atomic E-state index is -5.75. The Kier molecular flexibility index (Phi) is 4.33. The summed E-state index contributed by atoms with van der Waals surface area (Å²) in [6, 6.07) is 3.17. The van der Waals surface area contributed by atoms with Crippen molar-refractivity contribution in [3.8, 4) is 5.75 Å². The second kappa shape index (κ2) is 5.27. The molecule has 1 aromatic rings. The lowest BCUT2D eigenvalue weighted by Gasteiger charge is -2.20. The highest BCUT2D eigenvalue weighted by atomic mass is 79.9. The van der Waals surface area contributed by atoms with E-state index in [1.54, 1.807) is 0 Å². The molecule has 0 aromatic heterocycles. The molecule has 0 amide bonds. The number of benzene rings is 1. The molecule has 0 unspecified atom stereocenters. The number of nitro benzene ring substituents is 1. The maximum atomic E-state index is 12.6. The van der Waals surface area contributed by atoms with Crippen molar-refractivity contribution in [3.05, 3.63) is 32.8 Å². The average Bonchev–Trinajstić information content (AvgIpc) is 2.25. The van der Waals surface area contributed by atoms with E-state index >= 15 is 0 Å². The van der Waals surface area contributed by atoms with Gasteiger partial charge >= 0.3 is 12.1 Å². The number of nitro groups is 1. The highest BCUT2D eigenvalue weighted by molar-refractivity contribution is 9.10. The minimum absolute atomic E-state index is 0.307. The van der Waals surface area contributed by atoms with Gasteiger partial charge in [0.15, 0.2) is 6.61 Å². The topological polar surface area (TPSA) is 52.4 Å². The molecule has 0 aliphatic heterocycles. The molecule has 0 fully saturated rings. The summed E-state index contributed by atoms with van der Waals surface area (Å²) in [6.45, 7) is -1.96. The number of nitrogens with zero attached hydrogens (tertiary/aromatic N) is 1. The van der Waals surface area contributed by atoms with Crippen LogP contribution in [-0.4, -0.2) is 23.6 Å². The van der Waals surface area contributed by atoms with Crippen LogP contribution in [0.3, 0.4) is 0 Å². The lowest BCUT2D eigenvalue weighted by molar-refractivity contribution is -0.385. The molecule has 0 atom stereocenters. The summed E-state index contributed by atoms with van der Waals surface area (Å²) in [5, 5.41) is 10.5. The summed E-state index contributed by atoms with van der Waals surface area (Å²) in [7, 11) is 0. The molecule has 10 heteroatoms. The molecule has 1 aromatic carbocycles. The van der Waals surface area contributed by atoms with E-state index in [9.17, 15) is 32.1 Å². The molecular formula is C9H5BrF5NO3. The molecule has 0 aliphatic rings. The van der Waals surface area contributed by atoms with Crippen LogP contribution in [0.15, 0.2) is 22.7 Å². The second-order valence-corrected chi connectivity index (χ2v) is 4.13. The third-order valence-electron chi connectivity index (χ3n) is 1.96. The van der Waals surface area contributed by atoms with Crippen LogP contribution in [0.5, 0.6) is 5.75 Å². The zero-order chi connectivity index (χ0) is 14.8. The van der Waals surface area contributed by atoms with Crippen molar-refractivity contribution in [2.75, 3.05) is 6.61 Å². The molecule has 0 radical (unpaired) electrons. The van der Waals surface area contributed by atoms with Gasteiger partial charge in [-0.2, -0.15) is 22.0 Å². The van der Waals surface area contributed by atoms with Gasteiger partial charge in [-0.1, -0.05) is 6.07 Å². The summed E-state index contributed by atoms with van der Waals surface area (Å²) >= 11 is 2.71. The summed E-state index contributed by atoms with van der Waals surface area (Å²) in [5.41, 5.74) is -0.507. The molecule has 4 nitrogen and oxygen atoms in total. The van der Waals surface area contributed by atoms with Gasteiger partial charge in [0.2, 0.25) is 0 Å². The SMILES string of the molecule is O=[N+]([O-])c1cccc(OCC(F)(F)C(F)(F)F)c1Br. The Hall–Kier alpha value is -1.45. The standard InChI is InChI=1S/C9H5BrF5NO3/c10-7-5(16(17)18)2-1-3-6(7)19-4-8(11,12)9(13,14)15/h1-3H,4H2. The fourth-order valence-electron chi connectivity index (χ4n) is 1.00. The largest absolute Gasteiger partial charge is 0.485 e. The molecule has 0 saturated heterocycles. The predicted molar refractivity (Wildman–Crippen MR) is 57.3 cm³/mol. The third kappa shape index (κ3) is 3.52. The van der Waals surface area contributed by atoms with Crippen LogP contribution in [-0.2, 0) is 0 Å². The molecule has 0 N–H and O–H groups in total. The first kappa shape index (κ1) is 15.6. The van der Waals surface area contributed by atoms with Crippen LogP contribution >= 0.6 is 15.9 Å². The quantitative estimate of drug-likeness (QED) is 0.470. The Bertz CT molecular complexity index is 491. The Labute approximate surface area is 111 Å². The number of rotatable bonds is 4. The maximum Gasteiger partial charge on any atom is 0.456 e. The third-order valence-corrected chi connectivity index (χ3v) is 2.76. The van der Waals surface area contributed by atoms with Crippen molar-refractivity contribution in [3.63, 3.8) is 0 Å². The van der Waals surface area contributed by atoms with E-state index in [4.69, 9.17) is 0 Å². The zero-order valence-electron chi connectivity index (χ0n) is 8.88. The number of hydrogen-bond donors (Lipinski definition) is 0. The lowest BCUT2D eigenvalue weighted by atomic mass is 10.3. The summed E-state index contributed by atoms with van der Waals surface area (Å²) in [6.07, 6.45) is -5.75. The number of ether oxygens (including phenoxy) is 1. The van der Waals surface area contributed by atoms with Gasteiger partial charge in [-0.05, 0) is 22.0 Å². The van der Waals surface area contributed by atoms with Gasteiger partial charge in [0.1, 0.15) is 10.2 Å². The van der Waals surface area contributed by atoms with E-state index < -0.39 is 35.1 Å². The molecule has 0 aliphatic carbocycles. The number of hydrogen-bond acceptors (Lipinski definition) is 3. The summed E-state index contributed by atoms with van der Waals surface area (Å²) in [5.74, 6) is -5.52. The molecule has 0 spiro atoms. The first-order valence-electron chi connectivity index (χ1n) is 4.56. The Morgan fingerprint density at radius 1 is 1.26 bits per heavy atom. The monoisotopic (exact) mass is 349 g/mol. The van der Waals surface area contributed by atoms with Gasteiger partial charge in [0, 0.05) is 6.07 Å². The first-order valence-corrected chi connectivity index (χ1v) is 5.36. The summed E-state index contributed by atoms with van der Waals surface area (Å²) < 4.78 is 64.9. The van der Waals surface area contributed by atoms with Gasteiger partial charge in [-0.25, -0.2) is 0 Å². The summed E-state index contributed by atoms with van der Waals surface area (Å²) in [4.78, 5) is 9.69. The van der Waals surface area contributed by atoms with Crippen molar-refractivity contribution >= 4 is 21.6 Å².